The summed E-state index contributed by atoms with van der Waals surface area (Å²) in [6, 6.07) is 6.60. The Labute approximate surface area is 99.4 Å². The number of rotatable bonds is 3. The summed E-state index contributed by atoms with van der Waals surface area (Å²) in [6.45, 7) is 2.12. The molecule has 0 aliphatic heterocycles. The minimum atomic E-state index is 0.270. The van der Waals surface area contributed by atoms with Crippen LogP contribution < -0.4 is 5.32 Å². The van der Waals surface area contributed by atoms with E-state index < -0.39 is 0 Å². The van der Waals surface area contributed by atoms with Gasteiger partial charge < -0.3 is 5.32 Å². The van der Waals surface area contributed by atoms with Crippen LogP contribution in [-0.4, -0.2) is 7.05 Å². The fraction of sp³-hybridized carbons (Fsp3) is 0.333. The van der Waals surface area contributed by atoms with E-state index in [1.807, 2.05) is 7.05 Å². The highest BCUT2D eigenvalue weighted by atomic mass is 127. The maximum atomic E-state index is 5.34. The number of aryl methyl sites for hydroxylation is 1. The number of terminal acetylenes is 1. The van der Waals surface area contributed by atoms with Crippen molar-refractivity contribution in [2.75, 3.05) is 7.05 Å². The molecular weight excluding hydrogens is 285 g/mol. The molecule has 0 heterocycles. The number of benzene rings is 1. The largest absolute Gasteiger partial charge is 0.312 e. The van der Waals surface area contributed by atoms with Gasteiger partial charge in [0.15, 0.2) is 0 Å². The van der Waals surface area contributed by atoms with Gasteiger partial charge in [0.05, 0.1) is 0 Å². The van der Waals surface area contributed by atoms with Crippen molar-refractivity contribution < 1.29 is 0 Å². The molecule has 0 saturated carbocycles. The molecule has 0 amide bonds. The van der Waals surface area contributed by atoms with E-state index in [1.165, 1.54) is 14.7 Å². The van der Waals surface area contributed by atoms with Gasteiger partial charge in [-0.15, -0.1) is 12.3 Å². The first-order chi connectivity index (χ1) is 6.70. The maximum Gasteiger partial charge on any atom is 0.0439 e. The third-order valence-electron chi connectivity index (χ3n) is 2.27. The van der Waals surface area contributed by atoms with Crippen LogP contribution in [-0.2, 0) is 0 Å². The van der Waals surface area contributed by atoms with E-state index >= 15 is 0 Å². The lowest BCUT2D eigenvalue weighted by Crippen LogP contribution is -2.17. The van der Waals surface area contributed by atoms with Crippen LogP contribution >= 0.6 is 22.6 Å². The summed E-state index contributed by atoms with van der Waals surface area (Å²) in [7, 11) is 1.94. The third-order valence-corrected chi connectivity index (χ3v) is 3.74. The lowest BCUT2D eigenvalue weighted by atomic mass is 10.0. The molecule has 0 aliphatic rings. The van der Waals surface area contributed by atoms with E-state index in [4.69, 9.17) is 6.42 Å². The van der Waals surface area contributed by atoms with Crippen LogP contribution in [0.15, 0.2) is 18.2 Å². The van der Waals surface area contributed by atoms with Crippen molar-refractivity contribution in [3.8, 4) is 12.3 Å². The van der Waals surface area contributed by atoms with Crippen LogP contribution in [0, 0.1) is 22.8 Å². The minimum Gasteiger partial charge on any atom is -0.312 e. The molecule has 74 valence electrons. The second-order valence-corrected chi connectivity index (χ2v) is 4.31. The van der Waals surface area contributed by atoms with Crippen LogP contribution in [0.1, 0.15) is 23.6 Å². The zero-order chi connectivity index (χ0) is 10.6. The molecule has 0 spiro atoms. The van der Waals surface area contributed by atoms with E-state index in [1.54, 1.807) is 0 Å². The Morgan fingerprint density at radius 1 is 1.57 bits per heavy atom. The number of hydrogen-bond donors (Lipinski definition) is 1. The zero-order valence-corrected chi connectivity index (χ0v) is 10.6. The fourth-order valence-electron chi connectivity index (χ4n) is 1.42. The van der Waals surface area contributed by atoms with E-state index in [0.29, 0.717) is 0 Å². The summed E-state index contributed by atoms with van der Waals surface area (Å²) >= 11 is 2.37. The molecule has 14 heavy (non-hydrogen) atoms. The SMILES string of the molecule is C#CCC(NC)c1cccc(C)c1I. The Kier molecular flexibility index (Phi) is 4.43. The lowest BCUT2D eigenvalue weighted by Gasteiger charge is -2.16. The molecule has 1 N–H and O–H groups in total. The molecule has 2 heteroatoms. The average Bonchev–Trinajstić information content (AvgIpc) is 2.19. The van der Waals surface area contributed by atoms with E-state index in [0.717, 1.165) is 6.42 Å². The highest BCUT2D eigenvalue weighted by Crippen LogP contribution is 2.24. The van der Waals surface area contributed by atoms with Gasteiger partial charge in [-0.05, 0) is 47.7 Å². The number of nitrogens with one attached hydrogen (secondary N) is 1. The summed E-state index contributed by atoms with van der Waals surface area (Å²) in [4.78, 5) is 0. The minimum absolute atomic E-state index is 0.270. The van der Waals surface area contributed by atoms with Crippen LogP contribution in [0.2, 0.25) is 0 Å². The second kappa shape index (κ2) is 5.38. The summed E-state index contributed by atoms with van der Waals surface area (Å²) in [5.41, 5.74) is 2.60. The average molecular weight is 299 g/mol. The predicted octanol–water partition coefficient (Wildman–Crippen LogP) is 2.88. The third kappa shape index (κ3) is 2.49. The molecule has 0 fully saturated rings. The molecule has 1 aromatic rings. The Morgan fingerprint density at radius 3 is 2.86 bits per heavy atom. The lowest BCUT2D eigenvalue weighted by molar-refractivity contribution is 0.608. The molecule has 1 rings (SSSR count). The molecule has 0 aliphatic carbocycles. The fourth-order valence-corrected chi connectivity index (χ4v) is 2.16. The normalized spacial score (nSPS) is 12.1. The number of hydrogen-bond acceptors (Lipinski definition) is 1. The summed E-state index contributed by atoms with van der Waals surface area (Å²) in [6.07, 6.45) is 6.07. The Hall–Kier alpha value is -0.530. The van der Waals surface area contributed by atoms with Crippen LogP contribution in [0.25, 0.3) is 0 Å². The predicted molar refractivity (Wildman–Crippen MR) is 69.1 cm³/mol. The van der Waals surface area contributed by atoms with Gasteiger partial charge in [0.2, 0.25) is 0 Å². The molecular formula is C12H14IN. The molecule has 1 unspecified atom stereocenters. The van der Waals surface area contributed by atoms with Crippen LogP contribution in [0.5, 0.6) is 0 Å². The van der Waals surface area contributed by atoms with Gasteiger partial charge in [0.25, 0.3) is 0 Å². The van der Waals surface area contributed by atoms with Crippen molar-refractivity contribution in [1.29, 1.82) is 0 Å². The topological polar surface area (TPSA) is 12.0 Å². The molecule has 0 aromatic heterocycles. The Bertz CT molecular complexity index is 352. The van der Waals surface area contributed by atoms with Crippen molar-refractivity contribution >= 4 is 22.6 Å². The highest BCUT2D eigenvalue weighted by Gasteiger charge is 2.11. The molecule has 0 saturated heterocycles. The van der Waals surface area contributed by atoms with Gasteiger partial charge in [-0.1, -0.05) is 18.2 Å². The highest BCUT2D eigenvalue weighted by molar-refractivity contribution is 14.1. The van der Waals surface area contributed by atoms with E-state index in [-0.39, 0.29) is 6.04 Å². The summed E-state index contributed by atoms with van der Waals surface area (Å²) < 4.78 is 1.31. The quantitative estimate of drug-likeness (QED) is 0.668. The second-order valence-electron chi connectivity index (χ2n) is 3.23. The van der Waals surface area contributed by atoms with Gasteiger partial charge in [0.1, 0.15) is 0 Å². The first-order valence-corrected chi connectivity index (χ1v) is 5.64. The first-order valence-electron chi connectivity index (χ1n) is 4.56. The van der Waals surface area contributed by atoms with Crippen molar-refractivity contribution in [3.05, 3.63) is 32.9 Å². The van der Waals surface area contributed by atoms with Crippen LogP contribution in [0.3, 0.4) is 0 Å². The first kappa shape index (κ1) is 11.5. The molecule has 0 bridgehead atoms. The molecule has 1 atom stereocenters. The van der Waals surface area contributed by atoms with Gasteiger partial charge >= 0.3 is 0 Å². The van der Waals surface area contributed by atoms with Gasteiger partial charge in [0, 0.05) is 16.0 Å². The Balaban J connectivity index is 3.05. The van der Waals surface area contributed by atoms with E-state index in [2.05, 4.69) is 59.0 Å². The monoisotopic (exact) mass is 299 g/mol. The van der Waals surface area contributed by atoms with E-state index in [9.17, 15) is 0 Å². The molecule has 1 nitrogen and oxygen atoms in total. The van der Waals surface area contributed by atoms with Crippen molar-refractivity contribution in [2.24, 2.45) is 0 Å². The standard InChI is InChI=1S/C12H14IN/c1-4-6-11(14-3)10-8-5-7-9(2)12(10)13/h1,5,7-8,11,14H,6H2,2-3H3. The summed E-state index contributed by atoms with van der Waals surface area (Å²) in [5.74, 6) is 2.70. The Morgan fingerprint density at radius 2 is 2.29 bits per heavy atom. The zero-order valence-electron chi connectivity index (χ0n) is 8.47. The van der Waals surface area contributed by atoms with Gasteiger partial charge in [-0.25, -0.2) is 0 Å². The van der Waals surface area contributed by atoms with Gasteiger partial charge in [-0.2, -0.15) is 0 Å². The van der Waals surface area contributed by atoms with Gasteiger partial charge in [-0.3, -0.25) is 0 Å². The molecule has 1 aromatic carbocycles. The van der Waals surface area contributed by atoms with Crippen molar-refractivity contribution in [2.45, 2.75) is 19.4 Å². The number of halogens is 1. The summed E-state index contributed by atoms with van der Waals surface area (Å²) in [5, 5.41) is 3.24. The molecule has 0 radical (unpaired) electrons. The van der Waals surface area contributed by atoms with Crippen molar-refractivity contribution in [1.82, 2.24) is 5.32 Å². The van der Waals surface area contributed by atoms with Crippen molar-refractivity contribution in [3.63, 3.8) is 0 Å². The maximum absolute atomic E-state index is 5.34. The smallest absolute Gasteiger partial charge is 0.0439 e. The van der Waals surface area contributed by atoms with Crippen LogP contribution in [0.4, 0.5) is 0 Å².